The Balaban J connectivity index is 3.01. The van der Waals surface area contributed by atoms with Gasteiger partial charge in [-0.2, -0.15) is 0 Å². The lowest BCUT2D eigenvalue weighted by Crippen LogP contribution is -2.30. The van der Waals surface area contributed by atoms with Crippen LogP contribution >= 0.6 is 15.9 Å². The maximum Gasteiger partial charge on any atom is 0.270 e. The van der Waals surface area contributed by atoms with Crippen LogP contribution in [-0.2, 0) is 5.60 Å². The average molecular weight is 251 g/mol. The predicted octanol–water partition coefficient (Wildman–Crippen LogP) is 2.92. The van der Waals surface area contributed by atoms with E-state index in [0.29, 0.717) is 0 Å². The molecule has 0 amide bonds. The molecule has 0 radical (unpaired) electrons. The van der Waals surface area contributed by atoms with Crippen molar-refractivity contribution in [3.63, 3.8) is 0 Å². The summed E-state index contributed by atoms with van der Waals surface area (Å²) in [4.78, 5) is 0. The molecule has 0 aliphatic rings. The number of benzene rings is 1. The lowest BCUT2D eigenvalue weighted by atomic mass is 9.97. The third-order valence-electron chi connectivity index (χ3n) is 1.85. The van der Waals surface area contributed by atoms with E-state index in [2.05, 4.69) is 15.9 Å². The highest BCUT2D eigenvalue weighted by Gasteiger charge is 2.33. The van der Waals surface area contributed by atoms with Gasteiger partial charge in [0.2, 0.25) is 0 Å². The summed E-state index contributed by atoms with van der Waals surface area (Å²) in [5.41, 5.74) is -1.86. The summed E-state index contributed by atoms with van der Waals surface area (Å²) in [5.74, 6) is 0. The van der Waals surface area contributed by atoms with Crippen LogP contribution in [0, 0.1) is 0 Å². The first-order valence-corrected chi connectivity index (χ1v) is 4.50. The second kappa shape index (κ2) is 3.72. The Bertz CT molecular complexity index is 282. The third-order valence-corrected chi connectivity index (χ3v) is 2.38. The van der Waals surface area contributed by atoms with Gasteiger partial charge in [0.05, 0.1) is 0 Å². The lowest BCUT2D eigenvalue weighted by Gasteiger charge is -2.22. The molecule has 0 saturated carbocycles. The van der Waals surface area contributed by atoms with Gasteiger partial charge in [-0.15, -0.1) is 0 Å². The summed E-state index contributed by atoms with van der Waals surface area (Å²) in [7, 11) is 0. The van der Waals surface area contributed by atoms with Crippen molar-refractivity contribution >= 4 is 15.9 Å². The first-order chi connectivity index (χ1) is 5.94. The van der Waals surface area contributed by atoms with E-state index in [1.165, 1.54) is 12.1 Å². The standard InChI is InChI=1S/C9H9BrF2O/c1-9(13,8(11)12)6-2-4-7(10)5-3-6/h2-5,8,13H,1H3/t9-/m1/s1. The van der Waals surface area contributed by atoms with Crippen LogP contribution < -0.4 is 0 Å². The topological polar surface area (TPSA) is 20.2 Å². The molecule has 72 valence electrons. The summed E-state index contributed by atoms with van der Waals surface area (Å²) in [5, 5.41) is 9.39. The first kappa shape index (κ1) is 10.6. The quantitative estimate of drug-likeness (QED) is 0.856. The van der Waals surface area contributed by atoms with Crippen molar-refractivity contribution in [3.05, 3.63) is 34.3 Å². The van der Waals surface area contributed by atoms with Crippen molar-refractivity contribution in [2.24, 2.45) is 0 Å². The molecule has 0 heterocycles. The fraction of sp³-hybridized carbons (Fsp3) is 0.333. The van der Waals surface area contributed by atoms with Crippen LogP contribution in [0.2, 0.25) is 0 Å². The molecule has 13 heavy (non-hydrogen) atoms. The number of halogens is 3. The fourth-order valence-electron chi connectivity index (χ4n) is 0.913. The molecule has 0 saturated heterocycles. The van der Waals surface area contributed by atoms with Crippen LogP contribution in [0.1, 0.15) is 12.5 Å². The van der Waals surface area contributed by atoms with Gasteiger partial charge < -0.3 is 5.11 Å². The number of aliphatic hydroxyl groups is 1. The van der Waals surface area contributed by atoms with Crippen molar-refractivity contribution in [2.45, 2.75) is 19.0 Å². The van der Waals surface area contributed by atoms with E-state index in [1.807, 2.05) is 0 Å². The minimum atomic E-state index is -2.78. The number of hydrogen-bond donors (Lipinski definition) is 1. The zero-order chi connectivity index (χ0) is 10.1. The van der Waals surface area contributed by atoms with Crippen LogP contribution in [0.25, 0.3) is 0 Å². The number of hydrogen-bond acceptors (Lipinski definition) is 1. The van der Waals surface area contributed by atoms with Crippen LogP contribution in [0.3, 0.4) is 0 Å². The molecule has 1 N–H and O–H groups in total. The fourth-order valence-corrected chi connectivity index (χ4v) is 1.18. The van der Waals surface area contributed by atoms with Gasteiger partial charge in [-0.25, -0.2) is 8.78 Å². The molecule has 0 spiro atoms. The molecule has 0 aliphatic heterocycles. The van der Waals surface area contributed by atoms with Gasteiger partial charge in [0.15, 0.2) is 0 Å². The summed E-state index contributed by atoms with van der Waals surface area (Å²) in [6.07, 6.45) is -2.78. The molecule has 4 heteroatoms. The Labute approximate surface area is 83.5 Å². The molecule has 0 aliphatic carbocycles. The summed E-state index contributed by atoms with van der Waals surface area (Å²) in [6.45, 7) is 1.10. The first-order valence-electron chi connectivity index (χ1n) is 3.71. The largest absolute Gasteiger partial charge is 0.379 e. The zero-order valence-corrected chi connectivity index (χ0v) is 8.55. The highest BCUT2D eigenvalue weighted by atomic mass is 79.9. The highest BCUT2D eigenvalue weighted by Crippen LogP contribution is 2.28. The van der Waals surface area contributed by atoms with Crippen molar-refractivity contribution in [1.82, 2.24) is 0 Å². The molecule has 1 atom stereocenters. The second-order valence-corrected chi connectivity index (χ2v) is 3.87. The molecule has 1 nitrogen and oxygen atoms in total. The van der Waals surface area contributed by atoms with E-state index in [1.54, 1.807) is 12.1 Å². The molecule has 0 bridgehead atoms. The Morgan fingerprint density at radius 1 is 1.31 bits per heavy atom. The van der Waals surface area contributed by atoms with Crippen LogP contribution in [0.5, 0.6) is 0 Å². The van der Waals surface area contributed by atoms with Crippen molar-refractivity contribution in [3.8, 4) is 0 Å². The molecular weight excluding hydrogens is 242 g/mol. The second-order valence-electron chi connectivity index (χ2n) is 2.96. The van der Waals surface area contributed by atoms with Crippen LogP contribution in [-0.4, -0.2) is 11.5 Å². The molecule has 1 rings (SSSR count). The average Bonchev–Trinajstić information content (AvgIpc) is 2.04. The van der Waals surface area contributed by atoms with Gasteiger partial charge in [-0.3, -0.25) is 0 Å². The van der Waals surface area contributed by atoms with Crippen LogP contribution in [0.4, 0.5) is 8.78 Å². The SMILES string of the molecule is C[C@@](O)(c1ccc(Br)cc1)C(F)F. The van der Waals surface area contributed by atoms with Gasteiger partial charge in [0.1, 0.15) is 5.60 Å². The Kier molecular flexibility index (Phi) is 3.03. The molecule has 0 unspecified atom stereocenters. The van der Waals surface area contributed by atoms with Gasteiger partial charge >= 0.3 is 0 Å². The number of rotatable bonds is 2. The maximum atomic E-state index is 12.3. The monoisotopic (exact) mass is 250 g/mol. The Morgan fingerprint density at radius 2 is 1.77 bits per heavy atom. The predicted molar refractivity (Wildman–Crippen MR) is 49.7 cm³/mol. The minimum absolute atomic E-state index is 0.214. The Morgan fingerprint density at radius 3 is 2.15 bits per heavy atom. The van der Waals surface area contributed by atoms with Crippen molar-refractivity contribution in [1.29, 1.82) is 0 Å². The lowest BCUT2D eigenvalue weighted by molar-refractivity contribution is -0.0883. The van der Waals surface area contributed by atoms with Gasteiger partial charge in [0, 0.05) is 4.47 Å². The Hall–Kier alpha value is -0.480. The van der Waals surface area contributed by atoms with Gasteiger partial charge in [-0.1, -0.05) is 28.1 Å². The summed E-state index contributed by atoms with van der Waals surface area (Å²) in [6, 6.07) is 6.17. The third kappa shape index (κ3) is 2.25. The van der Waals surface area contributed by atoms with Crippen molar-refractivity contribution in [2.75, 3.05) is 0 Å². The smallest absolute Gasteiger partial charge is 0.270 e. The summed E-state index contributed by atoms with van der Waals surface area (Å²) >= 11 is 3.18. The maximum absolute atomic E-state index is 12.3. The van der Waals surface area contributed by atoms with E-state index in [-0.39, 0.29) is 5.56 Å². The van der Waals surface area contributed by atoms with E-state index >= 15 is 0 Å². The highest BCUT2D eigenvalue weighted by molar-refractivity contribution is 9.10. The summed E-state index contributed by atoms with van der Waals surface area (Å²) < 4.78 is 25.5. The molecule has 1 aromatic carbocycles. The zero-order valence-electron chi connectivity index (χ0n) is 6.97. The molecule has 0 aromatic heterocycles. The van der Waals surface area contributed by atoms with Gasteiger partial charge in [0.25, 0.3) is 6.43 Å². The minimum Gasteiger partial charge on any atom is -0.379 e. The van der Waals surface area contributed by atoms with E-state index in [0.717, 1.165) is 11.4 Å². The molecule has 0 fully saturated rings. The number of alkyl halides is 2. The van der Waals surface area contributed by atoms with Crippen molar-refractivity contribution < 1.29 is 13.9 Å². The van der Waals surface area contributed by atoms with E-state index in [9.17, 15) is 13.9 Å². The normalized spacial score (nSPS) is 15.8. The van der Waals surface area contributed by atoms with E-state index < -0.39 is 12.0 Å². The van der Waals surface area contributed by atoms with Crippen LogP contribution in [0.15, 0.2) is 28.7 Å². The molecular formula is C9H9BrF2O. The van der Waals surface area contributed by atoms with E-state index in [4.69, 9.17) is 0 Å². The molecule has 1 aromatic rings. The van der Waals surface area contributed by atoms with Gasteiger partial charge in [-0.05, 0) is 24.6 Å².